The molecule has 0 aromatic carbocycles. The van der Waals surface area contributed by atoms with Crippen LogP contribution in [0.2, 0.25) is 0 Å². The molecule has 0 radical (unpaired) electrons. The van der Waals surface area contributed by atoms with E-state index in [0.717, 1.165) is 26.1 Å². The van der Waals surface area contributed by atoms with Gasteiger partial charge in [0.05, 0.1) is 0 Å². The maximum absolute atomic E-state index is 11.3. The molecule has 0 saturated carbocycles. The van der Waals surface area contributed by atoms with Gasteiger partial charge < -0.3 is 18.8 Å². The van der Waals surface area contributed by atoms with Gasteiger partial charge in [0.1, 0.15) is 5.78 Å². The first-order valence-electron chi connectivity index (χ1n) is 6.99. The van der Waals surface area contributed by atoms with Gasteiger partial charge in [0.25, 0.3) is 24.1 Å². The molecule has 4 nitrogen and oxygen atoms in total. The first kappa shape index (κ1) is 18.7. The normalized spacial score (nSPS) is 15.9. The molecule has 0 aliphatic heterocycles. The van der Waals surface area contributed by atoms with E-state index in [4.69, 9.17) is 14.0 Å². The Balaban J connectivity index is 4.36. The van der Waals surface area contributed by atoms with Crippen molar-refractivity contribution in [2.24, 2.45) is 17.8 Å². The van der Waals surface area contributed by atoms with E-state index >= 15 is 0 Å². The van der Waals surface area contributed by atoms with Crippen molar-refractivity contribution in [3.8, 4) is 0 Å². The van der Waals surface area contributed by atoms with Crippen LogP contribution in [0, 0.1) is 17.8 Å². The topological polar surface area (TPSA) is 44.8 Å². The fourth-order valence-corrected chi connectivity index (χ4v) is 2.71. The summed E-state index contributed by atoms with van der Waals surface area (Å²) in [6.07, 6.45) is 2.61. The summed E-state index contributed by atoms with van der Waals surface area (Å²) in [5, 5.41) is 0. The van der Waals surface area contributed by atoms with Gasteiger partial charge in [0.2, 0.25) is 0 Å². The predicted octanol–water partition coefficient (Wildman–Crippen LogP) is -0.692. The van der Waals surface area contributed by atoms with Crippen molar-refractivity contribution in [1.82, 2.24) is 0 Å². The number of carbonyl (C=O) groups excluding carboxylic acids is 1. The zero-order valence-electron chi connectivity index (χ0n) is 13.1. The Hall–Kier alpha value is -0.255. The highest BCUT2D eigenvalue weighted by atomic mass is 16.4. The number of rotatable bonds is 12. The monoisotopic (exact) mass is 268 g/mol. The lowest BCUT2D eigenvalue weighted by Gasteiger charge is -2.25. The Morgan fingerprint density at radius 2 is 1.47 bits per heavy atom. The van der Waals surface area contributed by atoms with Crippen LogP contribution in [0.3, 0.4) is 0 Å². The summed E-state index contributed by atoms with van der Waals surface area (Å²) in [6.45, 7) is 5.95. The Labute approximate surface area is 120 Å². The van der Waals surface area contributed by atoms with Crippen LogP contribution >= 0.6 is 0 Å². The average molecular weight is 268 g/mol. The number of Topliss-reactive ketones (excluding diaryl/α,β-unsaturated/α-hetero) is 1. The van der Waals surface area contributed by atoms with Crippen molar-refractivity contribution in [1.29, 1.82) is 0 Å². The summed E-state index contributed by atoms with van der Waals surface area (Å²) >= 11 is 0. The molecular weight excluding hydrogens is 241 g/mol. The van der Waals surface area contributed by atoms with Crippen LogP contribution in [-0.2, 0) is 18.8 Å². The molecule has 0 bridgehead atoms. The first-order chi connectivity index (χ1) is 9.03. The molecule has 19 heavy (non-hydrogen) atoms. The minimum Gasteiger partial charge on any atom is -0.444 e. The Morgan fingerprint density at radius 3 is 1.95 bits per heavy atom. The Bertz CT molecular complexity index is 241. The van der Waals surface area contributed by atoms with Crippen LogP contribution in [0.25, 0.3) is 0 Å². The molecule has 3 atom stereocenters. The first-order valence-corrected chi connectivity index (χ1v) is 6.99. The van der Waals surface area contributed by atoms with E-state index in [2.05, 4.69) is 6.92 Å². The third-order valence-electron chi connectivity index (χ3n) is 3.23. The van der Waals surface area contributed by atoms with Crippen LogP contribution in [0.5, 0.6) is 0 Å². The molecule has 0 heterocycles. The van der Waals surface area contributed by atoms with E-state index in [-0.39, 0.29) is 11.7 Å². The highest BCUT2D eigenvalue weighted by Gasteiger charge is 2.20. The van der Waals surface area contributed by atoms with Crippen molar-refractivity contribution >= 4 is 29.9 Å². The molecule has 0 saturated heterocycles. The highest BCUT2D eigenvalue weighted by Crippen LogP contribution is 2.23. The molecule has 0 amide bonds. The third kappa shape index (κ3) is 10.2. The lowest BCUT2D eigenvalue weighted by Crippen LogP contribution is -2.22. The van der Waals surface area contributed by atoms with E-state index in [9.17, 15) is 4.79 Å². The van der Waals surface area contributed by atoms with Gasteiger partial charge in [0.15, 0.2) is 0 Å². The summed E-state index contributed by atoms with van der Waals surface area (Å²) in [5.74, 6) is 1.47. The van der Waals surface area contributed by atoms with Gasteiger partial charge in [0, 0.05) is 26.2 Å². The number of carbonyl (C=O) groups is 1. The molecule has 7 heteroatoms. The summed E-state index contributed by atoms with van der Waals surface area (Å²) < 4.78 is 15.7. The van der Waals surface area contributed by atoms with Crippen molar-refractivity contribution < 1.29 is 18.8 Å². The molecule has 0 aromatic rings. The van der Waals surface area contributed by atoms with Crippen molar-refractivity contribution in [3.63, 3.8) is 0 Å². The smallest absolute Gasteiger partial charge is 0.257 e. The highest BCUT2D eigenvalue weighted by molar-refractivity contribution is 5.98. The molecular formula is C12H27B3O4. The minimum absolute atomic E-state index is 0.225. The second kappa shape index (κ2) is 11.6. The predicted molar refractivity (Wildman–Crippen MR) is 84.2 cm³/mol. The van der Waals surface area contributed by atoms with Gasteiger partial charge in [-0.25, -0.2) is 0 Å². The zero-order chi connectivity index (χ0) is 14.7. The minimum atomic E-state index is 0.225. The van der Waals surface area contributed by atoms with E-state index in [1.165, 1.54) is 0 Å². The van der Waals surface area contributed by atoms with E-state index in [0.29, 0.717) is 24.9 Å². The fraction of sp³-hybridized carbons (Fsp3) is 0.917. The van der Waals surface area contributed by atoms with Gasteiger partial charge in [-0.15, -0.1) is 0 Å². The lowest BCUT2D eigenvalue weighted by molar-refractivity contribution is -0.118. The van der Waals surface area contributed by atoms with Crippen molar-refractivity contribution in [3.05, 3.63) is 0 Å². The van der Waals surface area contributed by atoms with Crippen molar-refractivity contribution in [2.45, 2.75) is 33.1 Å². The summed E-state index contributed by atoms with van der Waals surface area (Å²) in [6, 6.07) is 0. The molecule has 108 valence electrons. The third-order valence-corrected chi connectivity index (χ3v) is 3.23. The summed E-state index contributed by atoms with van der Waals surface area (Å²) in [4.78, 5) is 11.3. The largest absolute Gasteiger partial charge is 0.444 e. The van der Waals surface area contributed by atoms with Gasteiger partial charge in [-0.2, -0.15) is 0 Å². The molecule has 0 aliphatic rings. The lowest BCUT2D eigenvalue weighted by atomic mass is 9.86. The molecule has 0 rings (SSSR count). The van der Waals surface area contributed by atoms with E-state index in [1.807, 2.05) is 0 Å². The van der Waals surface area contributed by atoms with Crippen LogP contribution in [0.15, 0.2) is 0 Å². The number of hydrogen-bond donors (Lipinski definition) is 0. The van der Waals surface area contributed by atoms with Gasteiger partial charge in [-0.05, 0) is 37.5 Å². The molecule has 0 aromatic heterocycles. The zero-order valence-corrected chi connectivity index (χ0v) is 13.1. The summed E-state index contributed by atoms with van der Waals surface area (Å²) in [5.41, 5.74) is 0. The van der Waals surface area contributed by atoms with Crippen LogP contribution < -0.4 is 0 Å². The van der Waals surface area contributed by atoms with Gasteiger partial charge in [-0.3, -0.25) is 0 Å². The molecule has 3 unspecified atom stereocenters. The van der Waals surface area contributed by atoms with Gasteiger partial charge >= 0.3 is 0 Å². The summed E-state index contributed by atoms with van der Waals surface area (Å²) in [7, 11) is 5.14. The quantitative estimate of drug-likeness (QED) is 0.439. The van der Waals surface area contributed by atoms with Crippen LogP contribution in [0.1, 0.15) is 33.1 Å². The number of hydrogen-bond acceptors (Lipinski definition) is 4. The average Bonchev–Trinajstić information content (AvgIpc) is 2.28. The Kier molecular flexibility index (Phi) is 11.4. The molecule has 0 aliphatic carbocycles. The fourth-order valence-electron chi connectivity index (χ4n) is 2.71. The van der Waals surface area contributed by atoms with Gasteiger partial charge in [-0.1, -0.05) is 6.92 Å². The van der Waals surface area contributed by atoms with E-state index in [1.54, 1.807) is 31.1 Å². The standard InChI is InChI=1S/C12H27B3O4/c1-9(6-17-13)3-11(7-18-14)5-12(8-19-15)4-10(2)16/h9,11-12H,3-8,13-15H2,1-2H3. The molecule has 0 N–H and O–H groups in total. The molecule has 0 spiro atoms. The second-order valence-corrected chi connectivity index (χ2v) is 5.58. The molecule has 0 fully saturated rings. The maximum atomic E-state index is 11.3. The second-order valence-electron chi connectivity index (χ2n) is 5.58. The van der Waals surface area contributed by atoms with Crippen LogP contribution in [-0.4, -0.2) is 49.8 Å². The van der Waals surface area contributed by atoms with Crippen molar-refractivity contribution in [2.75, 3.05) is 19.8 Å². The number of ketones is 1. The maximum Gasteiger partial charge on any atom is 0.257 e. The van der Waals surface area contributed by atoms with Crippen LogP contribution in [0.4, 0.5) is 0 Å². The Morgan fingerprint density at radius 1 is 0.947 bits per heavy atom. The van der Waals surface area contributed by atoms with E-state index < -0.39 is 0 Å². The SMILES string of the molecule is BOCC(C)CC(COB)CC(COB)CC(C)=O.